The van der Waals surface area contributed by atoms with Crippen molar-refractivity contribution in [2.45, 2.75) is 20.3 Å². The van der Waals surface area contributed by atoms with Gasteiger partial charge in [-0.05, 0) is 31.1 Å². The van der Waals surface area contributed by atoms with Crippen LogP contribution >= 0.6 is 0 Å². The maximum absolute atomic E-state index is 15.6. The average Bonchev–Trinajstić information content (AvgIpc) is 3.20. The Labute approximate surface area is 175 Å². The molecule has 2 N–H and O–H groups in total. The van der Waals surface area contributed by atoms with Gasteiger partial charge in [0, 0.05) is 36.5 Å². The minimum atomic E-state index is -3.62. The van der Waals surface area contributed by atoms with Crippen molar-refractivity contribution in [3.8, 4) is 0 Å². The van der Waals surface area contributed by atoms with Crippen LogP contribution in [-0.4, -0.2) is 50.1 Å². The lowest BCUT2D eigenvalue weighted by Crippen LogP contribution is -2.33. The van der Waals surface area contributed by atoms with Gasteiger partial charge < -0.3 is 10.2 Å². The van der Waals surface area contributed by atoms with E-state index in [0.717, 1.165) is 5.56 Å². The molecule has 2 aliphatic rings. The standard InChI is InChI=1S/C20H23FN6O2S/c1-4-9-30(28,29)26-15-6-5-12(2)16(17(15)21)14-10-13-11-24-20(22-3)25-18(13)27-8-7-23-19(14)27/h5-6,10-11,26H,4,7-9H2,1-3H3,(H,22,24,25). The molecule has 0 aliphatic carbocycles. The number of fused-ring (bicyclic) bond motifs is 3. The molecule has 0 radical (unpaired) electrons. The molecule has 30 heavy (non-hydrogen) atoms. The predicted octanol–water partition coefficient (Wildman–Crippen LogP) is 2.89. The monoisotopic (exact) mass is 430 g/mol. The Morgan fingerprint density at radius 3 is 2.83 bits per heavy atom. The Morgan fingerprint density at radius 2 is 2.10 bits per heavy atom. The van der Waals surface area contributed by atoms with E-state index in [-0.39, 0.29) is 11.4 Å². The summed E-state index contributed by atoms with van der Waals surface area (Å²) < 4.78 is 42.3. The summed E-state index contributed by atoms with van der Waals surface area (Å²) in [4.78, 5) is 15.3. The maximum Gasteiger partial charge on any atom is 0.232 e. The van der Waals surface area contributed by atoms with E-state index < -0.39 is 15.8 Å². The van der Waals surface area contributed by atoms with Crippen molar-refractivity contribution in [3.05, 3.63) is 40.8 Å². The molecule has 0 atom stereocenters. The van der Waals surface area contributed by atoms with Crippen molar-refractivity contribution in [2.75, 3.05) is 40.8 Å². The van der Waals surface area contributed by atoms with Gasteiger partial charge in [0.2, 0.25) is 16.0 Å². The number of sulfonamides is 1. The van der Waals surface area contributed by atoms with E-state index in [1.54, 1.807) is 33.2 Å². The van der Waals surface area contributed by atoms with E-state index in [1.807, 2.05) is 11.0 Å². The number of aryl methyl sites for hydroxylation is 1. The van der Waals surface area contributed by atoms with Crippen LogP contribution in [0, 0.1) is 12.7 Å². The van der Waals surface area contributed by atoms with Gasteiger partial charge in [-0.25, -0.2) is 17.8 Å². The zero-order valence-electron chi connectivity index (χ0n) is 17.0. The second-order valence-corrected chi connectivity index (χ2v) is 9.02. The zero-order chi connectivity index (χ0) is 21.5. The highest BCUT2D eigenvalue weighted by molar-refractivity contribution is 7.92. The highest BCUT2D eigenvalue weighted by Crippen LogP contribution is 2.38. The summed E-state index contributed by atoms with van der Waals surface area (Å²) >= 11 is 0. The fourth-order valence-electron chi connectivity index (χ4n) is 3.68. The number of amidine groups is 1. The van der Waals surface area contributed by atoms with Crippen LogP contribution in [0.2, 0.25) is 0 Å². The van der Waals surface area contributed by atoms with Crippen LogP contribution in [0.5, 0.6) is 0 Å². The van der Waals surface area contributed by atoms with E-state index >= 15 is 4.39 Å². The Balaban J connectivity index is 1.85. The summed E-state index contributed by atoms with van der Waals surface area (Å²) in [6, 6.07) is 3.16. The smallest absolute Gasteiger partial charge is 0.232 e. The van der Waals surface area contributed by atoms with Crippen LogP contribution in [0.4, 0.5) is 21.8 Å². The number of nitrogens with zero attached hydrogens (tertiary/aromatic N) is 4. The number of aromatic nitrogens is 2. The molecule has 10 heteroatoms. The van der Waals surface area contributed by atoms with Crippen molar-refractivity contribution in [1.29, 1.82) is 0 Å². The Morgan fingerprint density at radius 1 is 1.30 bits per heavy atom. The molecule has 158 valence electrons. The third-order valence-electron chi connectivity index (χ3n) is 5.01. The van der Waals surface area contributed by atoms with E-state index in [0.29, 0.717) is 53.8 Å². The molecule has 0 unspecified atom stereocenters. The van der Waals surface area contributed by atoms with Gasteiger partial charge in [-0.1, -0.05) is 13.0 Å². The van der Waals surface area contributed by atoms with Gasteiger partial charge in [0.25, 0.3) is 0 Å². The second kappa shape index (κ2) is 7.67. The number of hydrogen-bond donors (Lipinski definition) is 2. The largest absolute Gasteiger partial charge is 0.357 e. The van der Waals surface area contributed by atoms with E-state index in [4.69, 9.17) is 0 Å². The molecule has 8 nitrogen and oxygen atoms in total. The maximum atomic E-state index is 15.6. The van der Waals surface area contributed by atoms with Crippen LogP contribution in [0.3, 0.4) is 0 Å². The van der Waals surface area contributed by atoms with Crippen LogP contribution in [0.25, 0.3) is 11.6 Å². The van der Waals surface area contributed by atoms with Gasteiger partial charge in [0.05, 0.1) is 18.0 Å². The molecule has 0 bridgehead atoms. The molecule has 0 saturated heterocycles. The number of aliphatic imine (C=N–C) groups is 1. The first-order valence-electron chi connectivity index (χ1n) is 9.73. The van der Waals surface area contributed by atoms with Crippen LogP contribution < -0.4 is 14.9 Å². The Hall–Kier alpha value is -3.01. The van der Waals surface area contributed by atoms with E-state index in [9.17, 15) is 8.42 Å². The molecule has 2 aliphatic heterocycles. The Kier molecular flexibility index (Phi) is 5.19. The number of benzene rings is 1. The van der Waals surface area contributed by atoms with Crippen molar-refractivity contribution in [2.24, 2.45) is 4.99 Å². The van der Waals surface area contributed by atoms with Crippen LogP contribution in [-0.2, 0) is 10.0 Å². The molecular formula is C20H23FN6O2S. The van der Waals surface area contributed by atoms with Gasteiger partial charge >= 0.3 is 0 Å². The van der Waals surface area contributed by atoms with Crippen molar-refractivity contribution < 1.29 is 12.8 Å². The van der Waals surface area contributed by atoms with Gasteiger partial charge in [-0.3, -0.25) is 9.71 Å². The molecule has 0 fully saturated rings. The van der Waals surface area contributed by atoms with Crippen molar-refractivity contribution >= 4 is 45.0 Å². The second-order valence-electron chi connectivity index (χ2n) is 7.18. The zero-order valence-corrected chi connectivity index (χ0v) is 17.8. The molecule has 3 heterocycles. The topological polar surface area (TPSA) is 99.6 Å². The van der Waals surface area contributed by atoms with Gasteiger partial charge in [-0.15, -0.1) is 0 Å². The van der Waals surface area contributed by atoms with E-state index in [2.05, 4.69) is 25.0 Å². The molecule has 1 aromatic heterocycles. The van der Waals surface area contributed by atoms with Crippen LogP contribution in [0.15, 0.2) is 23.3 Å². The molecule has 1 aromatic carbocycles. The fraction of sp³-hybridized carbons (Fsp3) is 0.350. The predicted molar refractivity (Wildman–Crippen MR) is 118 cm³/mol. The summed E-state index contributed by atoms with van der Waals surface area (Å²) in [7, 11) is -1.87. The number of halogens is 1. The number of rotatable bonds is 6. The molecule has 0 saturated carbocycles. The molecule has 0 spiro atoms. The van der Waals surface area contributed by atoms with Crippen LogP contribution in [0.1, 0.15) is 30.0 Å². The molecule has 2 aromatic rings. The summed E-state index contributed by atoms with van der Waals surface area (Å²) in [6.07, 6.45) is 3.94. The lowest BCUT2D eigenvalue weighted by atomic mass is 9.94. The molecule has 0 amide bonds. The fourth-order valence-corrected chi connectivity index (χ4v) is 4.81. The third-order valence-corrected chi connectivity index (χ3v) is 6.49. The molecular weight excluding hydrogens is 407 g/mol. The highest BCUT2D eigenvalue weighted by atomic mass is 32.2. The normalized spacial score (nSPS) is 15.3. The van der Waals surface area contributed by atoms with Gasteiger partial charge in [0.15, 0.2) is 5.82 Å². The SMILES string of the molecule is CCCS(=O)(=O)Nc1ccc(C)c(C2=Cc3cnc(NC)nc3N3CCN=C23)c1F. The summed E-state index contributed by atoms with van der Waals surface area (Å²) in [5.74, 6) is 1.14. The number of nitrogens with one attached hydrogen (secondary N) is 2. The van der Waals surface area contributed by atoms with Gasteiger partial charge in [-0.2, -0.15) is 4.98 Å². The quantitative estimate of drug-likeness (QED) is 0.731. The summed E-state index contributed by atoms with van der Waals surface area (Å²) in [6.45, 7) is 4.74. The van der Waals surface area contributed by atoms with Crippen molar-refractivity contribution in [3.63, 3.8) is 0 Å². The minimum absolute atomic E-state index is 0.0670. The number of hydrogen-bond acceptors (Lipinski definition) is 7. The lowest BCUT2D eigenvalue weighted by molar-refractivity contribution is 0.597. The minimum Gasteiger partial charge on any atom is -0.357 e. The molecule has 4 rings (SSSR count). The van der Waals surface area contributed by atoms with Crippen molar-refractivity contribution in [1.82, 2.24) is 9.97 Å². The summed E-state index contributed by atoms with van der Waals surface area (Å²) in [5, 5.41) is 2.92. The van der Waals surface area contributed by atoms with E-state index in [1.165, 1.54) is 6.07 Å². The first-order chi connectivity index (χ1) is 14.3. The first-order valence-corrected chi connectivity index (χ1v) is 11.4. The third kappa shape index (κ3) is 3.51. The summed E-state index contributed by atoms with van der Waals surface area (Å²) in [5.41, 5.74) is 2.28. The highest BCUT2D eigenvalue weighted by Gasteiger charge is 2.33. The first kappa shape index (κ1) is 20.3. The Bertz CT molecular complexity index is 1180. The average molecular weight is 431 g/mol. The number of anilines is 3. The lowest BCUT2D eigenvalue weighted by Gasteiger charge is -2.28. The van der Waals surface area contributed by atoms with Gasteiger partial charge in [0.1, 0.15) is 11.7 Å².